The number of rotatable bonds is 5. The highest BCUT2D eigenvalue weighted by molar-refractivity contribution is 6.32. The van der Waals surface area contributed by atoms with Gasteiger partial charge in [-0.1, -0.05) is 23.7 Å². The predicted octanol–water partition coefficient (Wildman–Crippen LogP) is 5.39. The Bertz CT molecular complexity index is 1280. The van der Waals surface area contributed by atoms with E-state index < -0.39 is 11.9 Å². The van der Waals surface area contributed by atoms with Gasteiger partial charge in [0.25, 0.3) is 5.91 Å². The zero-order chi connectivity index (χ0) is 23.4. The third-order valence-corrected chi connectivity index (χ3v) is 5.34. The molecule has 6 nitrogen and oxygen atoms in total. The average Bonchev–Trinajstić information content (AvgIpc) is 3.04. The molecule has 0 atom stereocenters. The van der Waals surface area contributed by atoms with Crippen LogP contribution >= 0.6 is 11.6 Å². The van der Waals surface area contributed by atoms with Gasteiger partial charge in [-0.25, -0.2) is 4.79 Å². The molecule has 0 saturated heterocycles. The molecule has 7 heteroatoms. The maximum atomic E-state index is 12.7. The lowest BCUT2D eigenvalue weighted by Gasteiger charge is -2.13. The van der Waals surface area contributed by atoms with Gasteiger partial charge >= 0.3 is 5.97 Å². The smallest absolute Gasteiger partial charge is 0.337 e. The molecule has 0 fully saturated rings. The molecule has 0 spiro atoms. The van der Waals surface area contributed by atoms with Crippen molar-refractivity contribution in [3.63, 3.8) is 0 Å². The molecule has 0 aliphatic rings. The molecule has 0 unspecified atom stereocenters. The summed E-state index contributed by atoms with van der Waals surface area (Å²) in [5.41, 5.74) is 4.85. The van der Waals surface area contributed by atoms with Gasteiger partial charge in [0.1, 0.15) is 11.6 Å². The van der Waals surface area contributed by atoms with E-state index in [9.17, 15) is 14.9 Å². The Kier molecular flexibility index (Phi) is 6.82. The van der Waals surface area contributed by atoms with E-state index in [1.54, 1.807) is 30.3 Å². The molecule has 0 bridgehead atoms. The van der Waals surface area contributed by atoms with Gasteiger partial charge in [0, 0.05) is 17.1 Å². The summed E-state index contributed by atoms with van der Waals surface area (Å²) in [6.07, 6.45) is 1.54. The van der Waals surface area contributed by atoms with Crippen molar-refractivity contribution >= 4 is 35.2 Å². The van der Waals surface area contributed by atoms with Crippen LogP contribution in [0.2, 0.25) is 5.02 Å². The van der Waals surface area contributed by atoms with Gasteiger partial charge in [0.15, 0.2) is 0 Å². The minimum absolute atomic E-state index is 0.0267. The van der Waals surface area contributed by atoms with Crippen LogP contribution in [-0.4, -0.2) is 23.6 Å². The summed E-state index contributed by atoms with van der Waals surface area (Å²) < 4.78 is 6.67. The number of aryl methyl sites for hydroxylation is 2. The van der Waals surface area contributed by atoms with E-state index in [0.717, 1.165) is 17.0 Å². The standard InChI is InChI=1S/C25H22ClN3O3/c1-15-6-5-7-21(10-15)28-24(30)20(14-27)12-19-11-16(2)29(17(19)3)23-13-18(25(31)32-4)8-9-22(23)26/h5-13H,1-4H3,(H,28,30)/b20-12-. The molecule has 3 rings (SSSR count). The van der Waals surface area contributed by atoms with Crippen molar-refractivity contribution < 1.29 is 14.3 Å². The van der Waals surface area contributed by atoms with Crippen LogP contribution in [0.25, 0.3) is 11.8 Å². The fourth-order valence-corrected chi connectivity index (χ4v) is 3.66. The van der Waals surface area contributed by atoms with E-state index in [1.165, 1.54) is 7.11 Å². The summed E-state index contributed by atoms with van der Waals surface area (Å²) in [4.78, 5) is 24.6. The molecule has 0 radical (unpaired) electrons. The Labute approximate surface area is 191 Å². The summed E-state index contributed by atoms with van der Waals surface area (Å²) in [5, 5.41) is 12.8. The zero-order valence-corrected chi connectivity index (χ0v) is 18.9. The molecule has 32 heavy (non-hydrogen) atoms. The number of ether oxygens (including phenoxy) is 1. The number of nitrogens with one attached hydrogen (secondary N) is 1. The van der Waals surface area contributed by atoms with E-state index in [4.69, 9.17) is 16.3 Å². The summed E-state index contributed by atoms with van der Waals surface area (Å²) in [5.74, 6) is -0.960. The summed E-state index contributed by atoms with van der Waals surface area (Å²) in [6, 6.07) is 16.1. The van der Waals surface area contributed by atoms with Crippen LogP contribution in [0.3, 0.4) is 0 Å². The van der Waals surface area contributed by atoms with Gasteiger partial charge in [-0.3, -0.25) is 4.79 Å². The normalized spacial score (nSPS) is 11.1. The molecule has 0 aliphatic heterocycles. The first-order valence-electron chi connectivity index (χ1n) is 9.82. The molecule has 1 aromatic heterocycles. The summed E-state index contributed by atoms with van der Waals surface area (Å²) in [7, 11) is 1.32. The number of carbonyl (C=O) groups excluding carboxylic acids is 2. The maximum Gasteiger partial charge on any atom is 0.337 e. The Morgan fingerprint density at radius 3 is 2.53 bits per heavy atom. The van der Waals surface area contributed by atoms with Gasteiger partial charge in [-0.2, -0.15) is 5.26 Å². The quantitative estimate of drug-likeness (QED) is 0.323. The van der Waals surface area contributed by atoms with Gasteiger partial charge < -0.3 is 14.6 Å². The molecule has 1 heterocycles. The second-order valence-electron chi connectivity index (χ2n) is 7.31. The summed E-state index contributed by atoms with van der Waals surface area (Å²) in [6.45, 7) is 5.66. The van der Waals surface area contributed by atoms with Crippen molar-refractivity contribution in [3.8, 4) is 11.8 Å². The number of benzene rings is 2. The van der Waals surface area contributed by atoms with Crippen LogP contribution < -0.4 is 5.32 Å². The fraction of sp³-hybridized carbons (Fsp3) is 0.160. The van der Waals surface area contributed by atoms with E-state index in [0.29, 0.717) is 27.5 Å². The second-order valence-corrected chi connectivity index (χ2v) is 7.72. The van der Waals surface area contributed by atoms with E-state index in [-0.39, 0.29) is 5.57 Å². The maximum absolute atomic E-state index is 12.7. The molecule has 0 aliphatic carbocycles. The first-order chi connectivity index (χ1) is 15.2. The van der Waals surface area contributed by atoms with Gasteiger partial charge in [0.2, 0.25) is 0 Å². The Morgan fingerprint density at radius 1 is 1.12 bits per heavy atom. The van der Waals surface area contributed by atoms with E-state index in [1.807, 2.05) is 55.7 Å². The van der Waals surface area contributed by atoms with Crippen molar-refractivity contribution in [3.05, 3.63) is 87.2 Å². The van der Waals surface area contributed by atoms with Crippen LogP contribution in [0, 0.1) is 32.1 Å². The third kappa shape index (κ3) is 4.74. The summed E-state index contributed by atoms with van der Waals surface area (Å²) >= 11 is 6.41. The lowest BCUT2D eigenvalue weighted by Crippen LogP contribution is -2.13. The molecule has 3 aromatic rings. The number of methoxy groups -OCH3 is 1. The number of amides is 1. The average molecular weight is 448 g/mol. The Morgan fingerprint density at radius 2 is 1.88 bits per heavy atom. The Hall–Kier alpha value is -3.82. The topological polar surface area (TPSA) is 84.1 Å². The van der Waals surface area contributed by atoms with Gasteiger partial charge in [0.05, 0.1) is 23.4 Å². The lowest BCUT2D eigenvalue weighted by atomic mass is 10.1. The van der Waals surface area contributed by atoms with Gasteiger partial charge in [-0.15, -0.1) is 0 Å². The second kappa shape index (κ2) is 9.54. The Balaban J connectivity index is 2.00. The van der Waals surface area contributed by atoms with E-state index >= 15 is 0 Å². The highest BCUT2D eigenvalue weighted by atomic mass is 35.5. The third-order valence-electron chi connectivity index (χ3n) is 5.02. The number of esters is 1. The fourth-order valence-electron chi connectivity index (χ4n) is 3.46. The highest BCUT2D eigenvalue weighted by Gasteiger charge is 2.17. The number of aromatic nitrogens is 1. The number of anilines is 1. The zero-order valence-electron chi connectivity index (χ0n) is 18.2. The molecule has 0 saturated carbocycles. The van der Waals surface area contributed by atoms with Crippen molar-refractivity contribution in [1.29, 1.82) is 5.26 Å². The first kappa shape index (κ1) is 22.9. The van der Waals surface area contributed by atoms with Crippen molar-refractivity contribution in [2.75, 3.05) is 12.4 Å². The van der Waals surface area contributed by atoms with Crippen molar-refractivity contribution in [2.24, 2.45) is 0 Å². The molecular weight excluding hydrogens is 426 g/mol. The number of carbonyl (C=O) groups is 2. The largest absolute Gasteiger partial charge is 0.465 e. The number of hydrogen-bond acceptors (Lipinski definition) is 4. The van der Waals surface area contributed by atoms with Crippen LogP contribution in [0.1, 0.15) is 32.9 Å². The number of nitrogens with zero attached hydrogens (tertiary/aromatic N) is 2. The first-order valence-corrected chi connectivity index (χ1v) is 10.2. The molecule has 1 N–H and O–H groups in total. The molecular formula is C25H22ClN3O3. The van der Waals surface area contributed by atoms with E-state index in [2.05, 4.69) is 5.32 Å². The van der Waals surface area contributed by atoms with Crippen LogP contribution in [-0.2, 0) is 9.53 Å². The SMILES string of the molecule is COC(=O)c1ccc(Cl)c(-n2c(C)cc(/C=C(/C#N)C(=O)Nc3cccc(C)c3)c2C)c1. The highest BCUT2D eigenvalue weighted by Crippen LogP contribution is 2.29. The number of nitriles is 1. The molecule has 2 aromatic carbocycles. The number of halogens is 1. The molecule has 162 valence electrons. The van der Waals surface area contributed by atoms with Crippen LogP contribution in [0.5, 0.6) is 0 Å². The lowest BCUT2D eigenvalue weighted by molar-refractivity contribution is -0.112. The monoisotopic (exact) mass is 447 g/mol. The van der Waals surface area contributed by atoms with Crippen molar-refractivity contribution in [1.82, 2.24) is 4.57 Å². The van der Waals surface area contributed by atoms with Crippen LogP contribution in [0.4, 0.5) is 5.69 Å². The minimum atomic E-state index is -0.492. The molecule has 1 amide bonds. The van der Waals surface area contributed by atoms with Crippen LogP contribution in [0.15, 0.2) is 54.1 Å². The number of hydrogen-bond donors (Lipinski definition) is 1. The van der Waals surface area contributed by atoms with Crippen molar-refractivity contribution in [2.45, 2.75) is 20.8 Å². The van der Waals surface area contributed by atoms with Gasteiger partial charge in [-0.05, 0) is 74.4 Å². The minimum Gasteiger partial charge on any atom is -0.465 e. The predicted molar refractivity (Wildman–Crippen MR) is 125 cm³/mol.